The summed E-state index contributed by atoms with van der Waals surface area (Å²) in [6.07, 6.45) is 3.93. The first-order valence-corrected chi connectivity index (χ1v) is 6.13. The van der Waals surface area contributed by atoms with Gasteiger partial charge in [0.25, 0.3) is 0 Å². The molecule has 0 N–H and O–H groups in total. The van der Waals surface area contributed by atoms with Gasteiger partial charge < -0.3 is 9.80 Å². The van der Waals surface area contributed by atoms with Crippen molar-refractivity contribution in [2.45, 2.75) is 25.7 Å². The standard InChI is InChI=1S/C7H13N.C6H11NO/c1-7-3-5-8(2)6-4-7;1-7-4-2-6(8)3-5-7/h1,3-6H2,2H3;2-5H2,1H3. The van der Waals surface area contributed by atoms with Crippen LogP contribution in [0.2, 0.25) is 0 Å². The lowest BCUT2D eigenvalue weighted by Crippen LogP contribution is -2.29. The van der Waals surface area contributed by atoms with Crippen LogP contribution >= 0.6 is 0 Å². The molecule has 0 radical (unpaired) electrons. The molecule has 92 valence electrons. The van der Waals surface area contributed by atoms with Crippen molar-refractivity contribution in [1.82, 2.24) is 9.80 Å². The lowest BCUT2D eigenvalue weighted by molar-refractivity contribution is -0.121. The summed E-state index contributed by atoms with van der Waals surface area (Å²) in [6.45, 7) is 8.25. The van der Waals surface area contributed by atoms with Crippen molar-refractivity contribution in [1.29, 1.82) is 0 Å². The second kappa shape index (κ2) is 6.81. The van der Waals surface area contributed by atoms with Crippen LogP contribution in [0.25, 0.3) is 0 Å². The molecule has 2 aliphatic heterocycles. The van der Waals surface area contributed by atoms with Crippen molar-refractivity contribution in [3.63, 3.8) is 0 Å². The monoisotopic (exact) mass is 224 g/mol. The van der Waals surface area contributed by atoms with Gasteiger partial charge in [-0.1, -0.05) is 12.2 Å². The fourth-order valence-corrected chi connectivity index (χ4v) is 1.80. The molecular formula is C13H24N2O. The van der Waals surface area contributed by atoms with Gasteiger partial charge in [0.15, 0.2) is 0 Å². The maximum atomic E-state index is 10.6. The minimum Gasteiger partial charge on any atom is -0.306 e. The van der Waals surface area contributed by atoms with Gasteiger partial charge in [0, 0.05) is 39.0 Å². The highest BCUT2D eigenvalue weighted by molar-refractivity contribution is 5.79. The Morgan fingerprint density at radius 2 is 1.25 bits per heavy atom. The molecule has 2 fully saturated rings. The second-order valence-electron chi connectivity index (χ2n) is 4.90. The summed E-state index contributed by atoms with van der Waals surface area (Å²) >= 11 is 0. The quantitative estimate of drug-likeness (QED) is 0.583. The van der Waals surface area contributed by atoms with Crippen LogP contribution < -0.4 is 0 Å². The first-order chi connectivity index (χ1) is 7.58. The van der Waals surface area contributed by atoms with Gasteiger partial charge in [-0.3, -0.25) is 4.79 Å². The molecule has 0 saturated carbocycles. The molecule has 0 bridgehead atoms. The number of Topliss-reactive ketones (excluding diaryl/α,β-unsaturated/α-hetero) is 1. The molecule has 0 aromatic rings. The Morgan fingerprint density at radius 3 is 1.56 bits per heavy atom. The van der Waals surface area contributed by atoms with Crippen LogP contribution in [-0.4, -0.2) is 55.9 Å². The molecule has 16 heavy (non-hydrogen) atoms. The third-order valence-electron chi connectivity index (χ3n) is 3.24. The molecule has 2 heterocycles. The Kier molecular flexibility index (Phi) is 5.71. The average molecular weight is 224 g/mol. The average Bonchev–Trinajstić information content (AvgIpc) is 2.28. The van der Waals surface area contributed by atoms with Gasteiger partial charge in [-0.05, 0) is 26.9 Å². The van der Waals surface area contributed by atoms with Gasteiger partial charge in [0.05, 0.1) is 0 Å². The zero-order chi connectivity index (χ0) is 12.0. The van der Waals surface area contributed by atoms with Gasteiger partial charge >= 0.3 is 0 Å². The van der Waals surface area contributed by atoms with Crippen LogP contribution in [0.1, 0.15) is 25.7 Å². The number of carbonyl (C=O) groups excluding carboxylic acids is 1. The number of hydrogen-bond donors (Lipinski definition) is 0. The predicted octanol–water partition coefficient (Wildman–Crippen LogP) is 1.55. The normalized spacial score (nSPS) is 23.9. The molecule has 2 rings (SSSR count). The topological polar surface area (TPSA) is 23.6 Å². The molecule has 0 aliphatic carbocycles. The molecule has 0 aromatic carbocycles. The van der Waals surface area contributed by atoms with E-state index in [1.165, 1.54) is 31.5 Å². The van der Waals surface area contributed by atoms with E-state index in [4.69, 9.17) is 0 Å². The smallest absolute Gasteiger partial charge is 0.135 e. The van der Waals surface area contributed by atoms with E-state index in [0.717, 1.165) is 25.9 Å². The van der Waals surface area contributed by atoms with E-state index in [9.17, 15) is 4.79 Å². The van der Waals surface area contributed by atoms with Crippen LogP contribution in [0, 0.1) is 0 Å². The number of likely N-dealkylation sites (tertiary alicyclic amines) is 2. The van der Waals surface area contributed by atoms with Crippen LogP contribution in [0.4, 0.5) is 0 Å². The van der Waals surface area contributed by atoms with Crippen LogP contribution in [0.15, 0.2) is 12.2 Å². The number of carbonyl (C=O) groups is 1. The predicted molar refractivity (Wildman–Crippen MR) is 67.6 cm³/mol. The van der Waals surface area contributed by atoms with Crippen molar-refractivity contribution in [2.24, 2.45) is 0 Å². The van der Waals surface area contributed by atoms with E-state index in [0.29, 0.717) is 5.78 Å². The molecule has 0 spiro atoms. The van der Waals surface area contributed by atoms with Crippen molar-refractivity contribution >= 4 is 5.78 Å². The first kappa shape index (κ1) is 13.4. The minimum atomic E-state index is 0.420. The molecule has 0 aromatic heterocycles. The summed E-state index contributed by atoms with van der Waals surface area (Å²) in [6, 6.07) is 0. The molecule has 2 saturated heterocycles. The van der Waals surface area contributed by atoms with E-state index in [2.05, 4.69) is 23.4 Å². The summed E-state index contributed by atoms with van der Waals surface area (Å²) in [5.41, 5.74) is 1.42. The van der Waals surface area contributed by atoms with Crippen molar-refractivity contribution < 1.29 is 4.79 Å². The molecule has 2 aliphatic rings. The molecule has 3 nitrogen and oxygen atoms in total. The van der Waals surface area contributed by atoms with Crippen LogP contribution in [0.3, 0.4) is 0 Å². The zero-order valence-corrected chi connectivity index (χ0v) is 10.7. The highest BCUT2D eigenvalue weighted by Crippen LogP contribution is 2.10. The fraction of sp³-hybridized carbons (Fsp3) is 0.769. The number of nitrogens with zero attached hydrogens (tertiary/aromatic N) is 2. The Labute approximate surface area is 99.1 Å². The van der Waals surface area contributed by atoms with Crippen molar-refractivity contribution in [3.8, 4) is 0 Å². The SMILES string of the molecule is C=C1CCN(C)CC1.CN1CCC(=O)CC1. The van der Waals surface area contributed by atoms with Gasteiger partial charge in [0.2, 0.25) is 0 Å². The zero-order valence-electron chi connectivity index (χ0n) is 10.7. The number of piperidine rings is 2. The Hall–Kier alpha value is -0.670. The lowest BCUT2D eigenvalue weighted by Gasteiger charge is -2.22. The van der Waals surface area contributed by atoms with E-state index in [1.807, 2.05) is 7.05 Å². The minimum absolute atomic E-state index is 0.420. The highest BCUT2D eigenvalue weighted by Gasteiger charge is 2.11. The van der Waals surface area contributed by atoms with Gasteiger partial charge in [-0.2, -0.15) is 0 Å². The maximum Gasteiger partial charge on any atom is 0.135 e. The van der Waals surface area contributed by atoms with Crippen molar-refractivity contribution in [2.75, 3.05) is 40.3 Å². The molecule has 3 heteroatoms. The summed E-state index contributed by atoms with van der Waals surface area (Å²) in [5, 5.41) is 0. The lowest BCUT2D eigenvalue weighted by atomic mass is 10.1. The van der Waals surface area contributed by atoms with Crippen LogP contribution in [0.5, 0.6) is 0 Å². The van der Waals surface area contributed by atoms with Gasteiger partial charge in [-0.15, -0.1) is 0 Å². The van der Waals surface area contributed by atoms with E-state index >= 15 is 0 Å². The number of rotatable bonds is 0. The Balaban J connectivity index is 0.000000160. The van der Waals surface area contributed by atoms with E-state index in [-0.39, 0.29) is 0 Å². The Bertz CT molecular complexity index is 204. The first-order valence-electron chi connectivity index (χ1n) is 6.13. The summed E-state index contributed by atoms with van der Waals surface area (Å²) in [7, 11) is 4.21. The highest BCUT2D eigenvalue weighted by atomic mass is 16.1. The third-order valence-corrected chi connectivity index (χ3v) is 3.24. The number of hydrogen-bond acceptors (Lipinski definition) is 3. The van der Waals surface area contributed by atoms with E-state index in [1.54, 1.807) is 0 Å². The fourth-order valence-electron chi connectivity index (χ4n) is 1.80. The van der Waals surface area contributed by atoms with Gasteiger partial charge in [0.1, 0.15) is 5.78 Å². The van der Waals surface area contributed by atoms with E-state index < -0.39 is 0 Å². The van der Waals surface area contributed by atoms with Gasteiger partial charge in [-0.25, -0.2) is 0 Å². The Morgan fingerprint density at radius 1 is 0.875 bits per heavy atom. The second-order valence-corrected chi connectivity index (χ2v) is 4.90. The molecule has 0 unspecified atom stereocenters. The van der Waals surface area contributed by atoms with Crippen molar-refractivity contribution in [3.05, 3.63) is 12.2 Å². The summed E-state index contributed by atoms with van der Waals surface area (Å²) < 4.78 is 0. The third kappa shape index (κ3) is 5.42. The largest absolute Gasteiger partial charge is 0.306 e. The number of ketones is 1. The summed E-state index contributed by atoms with van der Waals surface area (Å²) in [4.78, 5) is 15.1. The molecule has 0 amide bonds. The van der Waals surface area contributed by atoms with Crippen LogP contribution in [-0.2, 0) is 4.79 Å². The summed E-state index contributed by atoms with van der Waals surface area (Å²) in [5.74, 6) is 0.420. The molecular weight excluding hydrogens is 200 g/mol. The maximum absolute atomic E-state index is 10.6. The molecule has 0 atom stereocenters.